The van der Waals surface area contributed by atoms with Crippen LogP contribution in [0.5, 0.6) is 5.75 Å². The summed E-state index contributed by atoms with van der Waals surface area (Å²) in [6.45, 7) is 4.09. The Balaban J connectivity index is 1.34. The number of hydrogen-bond acceptors (Lipinski definition) is 7. The van der Waals surface area contributed by atoms with Crippen LogP contribution < -0.4 is 9.64 Å². The summed E-state index contributed by atoms with van der Waals surface area (Å²) in [7, 11) is 0. The van der Waals surface area contributed by atoms with Crippen molar-refractivity contribution < 1.29 is 29.9 Å². The lowest BCUT2D eigenvalue weighted by Gasteiger charge is -2.41. The average Bonchev–Trinajstić information content (AvgIpc) is 2.92. The number of rotatable bonds is 4. The van der Waals surface area contributed by atoms with Crippen LogP contribution in [0.15, 0.2) is 60.7 Å². The molecule has 2 aliphatic heterocycles. The minimum absolute atomic E-state index is 0.137. The van der Waals surface area contributed by atoms with Gasteiger partial charge in [0.2, 0.25) is 0 Å². The number of benzene rings is 3. The van der Waals surface area contributed by atoms with Crippen LogP contribution >= 0.6 is 0 Å². The monoisotopic (exact) mass is 503 g/mol. The van der Waals surface area contributed by atoms with Gasteiger partial charge >= 0.3 is 0 Å². The fourth-order valence-electron chi connectivity index (χ4n) is 6.17. The quantitative estimate of drug-likeness (QED) is 0.434. The van der Waals surface area contributed by atoms with Crippen molar-refractivity contribution in [1.29, 1.82) is 0 Å². The zero-order valence-electron chi connectivity index (χ0n) is 20.8. The molecular weight excluding hydrogens is 470 g/mol. The number of fused-ring (bicyclic) bond motifs is 4. The topological polar surface area (TPSA) is 103 Å². The second kappa shape index (κ2) is 9.74. The molecule has 3 aliphatic rings. The van der Waals surface area contributed by atoms with E-state index < -0.39 is 37.1 Å². The van der Waals surface area contributed by atoms with Gasteiger partial charge in [0.15, 0.2) is 0 Å². The van der Waals surface area contributed by atoms with Gasteiger partial charge in [-0.25, -0.2) is 0 Å². The number of aliphatic hydroxyl groups excluding tert-OH is 4. The Bertz CT molecular complexity index is 1280. The third kappa shape index (κ3) is 4.21. The van der Waals surface area contributed by atoms with Crippen molar-refractivity contribution in [3.63, 3.8) is 0 Å². The van der Waals surface area contributed by atoms with Gasteiger partial charge in [-0.15, -0.1) is 0 Å². The second-order valence-electron chi connectivity index (χ2n) is 10.3. The van der Waals surface area contributed by atoms with Crippen LogP contribution in [-0.4, -0.2) is 64.6 Å². The van der Waals surface area contributed by atoms with Crippen LogP contribution in [0.1, 0.15) is 52.3 Å². The highest BCUT2D eigenvalue weighted by molar-refractivity contribution is 5.71. The molecule has 0 saturated carbocycles. The van der Waals surface area contributed by atoms with Crippen LogP contribution in [0, 0.1) is 0 Å². The Morgan fingerprint density at radius 3 is 2.51 bits per heavy atom. The van der Waals surface area contributed by atoms with E-state index in [1.165, 1.54) is 27.9 Å². The highest BCUT2D eigenvalue weighted by atomic mass is 16.5. The van der Waals surface area contributed by atoms with Crippen molar-refractivity contribution in [2.24, 2.45) is 0 Å². The van der Waals surface area contributed by atoms with Crippen LogP contribution in [0.2, 0.25) is 0 Å². The molecule has 37 heavy (non-hydrogen) atoms. The zero-order valence-corrected chi connectivity index (χ0v) is 20.8. The van der Waals surface area contributed by atoms with Crippen molar-refractivity contribution >= 4 is 5.69 Å². The van der Waals surface area contributed by atoms with Gasteiger partial charge in [-0.05, 0) is 45.9 Å². The van der Waals surface area contributed by atoms with E-state index in [0.717, 1.165) is 36.4 Å². The molecule has 0 aromatic heterocycles. The van der Waals surface area contributed by atoms with Gasteiger partial charge in [0.25, 0.3) is 0 Å². The molecule has 3 aromatic rings. The van der Waals surface area contributed by atoms with Gasteiger partial charge in [-0.2, -0.15) is 0 Å². The molecular formula is C30H33NO6. The molecule has 7 nitrogen and oxygen atoms in total. The average molecular weight is 504 g/mol. The maximum absolute atomic E-state index is 10.6. The molecule has 6 atom stereocenters. The van der Waals surface area contributed by atoms with Crippen molar-refractivity contribution in [1.82, 2.24) is 0 Å². The number of aliphatic hydroxyl groups is 4. The van der Waals surface area contributed by atoms with Crippen LogP contribution in [0.25, 0.3) is 0 Å². The zero-order chi connectivity index (χ0) is 25.7. The molecule has 1 saturated heterocycles. The van der Waals surface area contributed by atoms with Gasteiger partial charge in [-0.1, -0.05) is 61.5 Å². The fourth-order valence-corrected chi connectivity index (χ4v) is 6.17. The molecule has 0 spiro atoms. The third-order valence-corrected chi connectivity index (χ3v) is 8.09. The molecule has 3 aromatic carbocycles. The second-order valence-corrected chi connectivity index (χ2v) is 10.3. The van der Waals surface area contributed by atoms with Crippen LogP contribution in [-0.2, 0) is 17.7 Å². The summed E-state index contributed by atoms with van der Waals surface area (Å²) in [5.41, 5.74) is 8.04. The maximum Gasteiger partial charge on any atom is 0.143 e. The lowest BCUT2D eigenvalue weighted by Crippen LogP contribution is -2.55. The van der Waals surface area contributed by atoms with E-state index in [4.69, 9.17) is 9.47 Å². The van der Waals surface area contributed by atoms with Crippen molar-refractivity contribution in [3.8, 4) is 5.75 Å². The number of anilines is 1. The molecule has 6 rings (SSSR count). The molecule has 0 bridgehead atoms. The van der Waals surface area contributed by atoms with Crippen LogP contribution in [0.3, 0.4) is 0 Å². The minimum Gasteiger partial charge on any atom is -0.490 e. The van der Waals surface area contributed by atoms with E-state index in [1.54, 1.807) is 0 Å². The first kappa shape index (κ1) is 24.4. The molecule has 4 N–H and O–H groups in total. The van der Waals surface area contributed by atoms with Crippen LogP contribution in [0.4, 0.5) is 5.69 Å². The summed E-state index contributed by atoms with van der Waals surface area (Å²) < 4.78 is 11.9. The summed E-state index contributed by atoms with van der Waals surface area (Å²) in [6, 6.07) is 20.7. The largest absolute Gasteiger partial charge is 0.490 e. The van der Waals surface area contributed by atoms with Gasteiger partial charge in [0, 0.05) is 12.5 Å². The Morgan fingerprint density at radius 2 is 1.73 bits per heavy atom. The molecule has 0 amide bonds. The molecule has 2 unspecified atom stereocenters. The van der Waals surface area contributed by atoms with E-state index in [9.17, 15) is 20.4 Å². The first-order valence-electron chi connectivity index (χ1n) is 13.0. The van der Waals surface area contributed by atoms with E-state index in [-0.39, 0.29) is 5.92 Å². The summed E-state index contributed by atoms with van der Waals surface area (Å²) in [4.78, 5) is 2.43. The first-order valence-corrected chi connectivity index (χ1v) is 13.0. The highest BCUT2D eigenvalue weighted by Crippen LogP contribution is 2.48. The Kier molecular flexibility index (Phi) is 6.42. The predicted octanol–water partition coefficient (Wildman–Crippen LogP) is 2.66. The summed E-state index contributed by atoms with van der Waals surface area (Å²) in [5, 5.41) is 40.7. The summed E-state index contributed by atoms with van der Waals surface area (Å²) in [6.07, 6.45) is -5.09. The van der Waals surface area contributed by atoms with Crippen molar-refractivity contribution in [3.05, 3.63) is 94.0 Å². The van der Waals surface area contributed by atoms with Gasteiger partial charge in [0.05, 0.1) is 18.8 Å². The standard InChI is InChI=1S/C30H33NO6/c1-17-22-9-7-20(30-29(35)28(34)27(33)24(16-32)37-30)14-21(22)13-19-8-10-23-26(25(17)19)31(11-12-36-23)15-18-5-3-2-4-6-18/h2-10,14,17,24,27-30,32-35H,11-13,15-16H2,1H3/t17?,24-,27-,28?,29-,30+/m1/s1. The van der Waals surface area contributed by atoms with Gasteiger partial charge < -0.3 is 34.8 Å². The third-order valence-electron chi connectivity index (χ3n) is 8.09. The molecule has 1 fully saturated rings. The molecule has 7 heteroatoms. The number of nitrogens with zero attached hydrogens (tertiary/aromatic N) is 1. The van der Waals surface area contributed by atoms with E-state index in [1.807, 2.05) is 18.2 Å². The Morgan fingerprint density at radius 1 is 0.919 bits per heavy atom. The molecule has 1 aliphatic carbocycles. The first-order chi connectivity index (χ1) is 18.0. The smallest absolute Gasteiger partial charge is 0.143 e. The maximum atomic E-state index is 10.6. The van der Waals surface area contributed by atoms with Gasteiger partial charge in [0.1, 0.15) is 42.9 Å². The highest BCUT2D eigenvalue weighted by Gasteiger charge is 2.44. The van der Waals surface area contributed by atoms with E-state index in [0.29, 0.717) is 6.61 Å². The van der Waals surface area contributed by atoms with E-state index in [2.05, 4.69) is 54.3 Å². The normalized spacial score (nSPS) is 28.6. The lowest BCUT2D eigenvalue weighted by molar-refractivity contribution is -0.231. The molecule has 194 valence electrons. The number of hydrogen-bond donors (Lipinski definition) is 4. The fraction of sp³-hybridized carbons (Fsp3) is 0.400. The summed E-state index contributed by atoms with van der Waals surface area (Å²) >= 11 is 0. The van der Waals surface area contributed by atoms with Gasteiger partial charge in [-0.3, -0.25) is 0 Å². The van der Waals surface area contributed by atoms with E-state index >= 15 is 0 Å². The van der Waals surface area contributed by atoms with Crippen molar-refractivity contribution in [2.75, 3.05) is 24.7 Å². The van der Waals surface area contributed by atoms with Crippen molar-refractivity contribution in [2.45, 2.75) is 56.3 Å². The summed E-state index contributed by atoms with van der Waals surface area (Å²) in [5.74, 6) is 1.06. The lowest BCUT2D eigenvalue weighted by atomic mass is 9.76. The SMILES string of the molecule is CC1c2ccc([C@@H]3O[C@H](CO)[C@@H](O)C(O)[C@H]3O)cc2Cc2ccc3c(c21)N(Cc1ccccc1)CCO3. The minimum atomic E-state index is -1.39. The Hall–Kier alpha value is -2.94. The molecule has 2 heterocycles. The molecule has 0 radical (unpaired) electrons. The predicted molar refractivity (Wildman–Crippen MR) is 139 cm³/mol. The number of ether oxygens (including phenoxy) is 2. The Labute approximate surface area is 216 Å².